The average molecular weight is 447 g/mol. The lowest BCUT2D eigenvalue weighted by molar-refractivity contribution is -0.135. The molecule has 2 aliphatic heterocycles. The normalized spacial score (nSPS) is 21.3. The highest BCUT2D eigenvalue weighted by molar-refractivity contribution is 6.30. The van der Waals surface area contributed by atoms with Crippen molar-refractivity contribution in [1.82, 2.24) is 9.80 Å². The minimum Gasteiger partial charge on any atom is -0.391 e. The van der Waals surface area contributed by atoms with Gasteiger partial charge in [0.25, 0.3) is 0 Å². The van der Waals surface area contributed by atoms with Crippen LogP contribution in [0.5, 0.6) is 0 Å². The number of anilines is 2. The first-order chi connectivity index (χ1) is 14.9. The summed E-state index contributed by atoms with van der Waals surface area (Å²) in [6.07, 6.45) is -0.532. The molecule has 9 heteroatoms. The van der Waals surface area contributed by atoms with Gasteiger partial charge in [-0.2, -0.15) is 0 Å². The molecule has 0 radical (unpaired) electrons. The number of aliphatic hydroxyl groups is 1. The van der Waals surface area contributed by atoms with Crippen LogP contribution in [0.4, 0.5) is 20.6 Å². The molecule has 2 heterocycles. The number of urea groups is 1. The van der Waals surface area contributed by atoms with Crippen LogP contribution in [-0.4, -0.2) is 71.7 Å². The van der Waals surface area contributed by atoms with Crippen LogP contribution in [0, 0.1) is 5.82 Å². The van der Waals surface area contributed by atoms with E-state index >= 15 is 0 Å². The minimum atomic E-state index is -0.745. The van der Waals surface area contributed by atoms with Crippen molar-refractivity contribution in [2.75, 3.05) is 42.9 Å². The summed E-state index contributed by atoms with van der Waals surface area (Å²) in [5.41, 5.74) is 1.48. The lowest BCUT2D eigenvalue weighted by Gasteiger charge is -2.38. The molecule has 2 atom stereocenters. The number of benzene rings is 2. The number of β-amino-alcohol motifs (C(OH)–C–C–N with tert-alkyl or cyclic N) is 1. The third-order valence-corrected chi connectivity index (χ3v) is 5.96. The summed E-state index contributed by atoms with van der Waals surface area (Å²) in [7, 11) is 0. The largest absolute Gasteiger partial charge is 0.391 e. The number of carbonyl (C=O) groups is 2. The molecule has 0 unspecified atom stereocenters. The van der Waals surface area contributed by atoms with Crippen molar-refractivity contribution in [3.8, 4) is 0 Å². The number of carbonyl (C=O) groups excluding carboxylic acids is 2. The van der Waals surface area contributed by atoms with E-state index in [1.54, 1.807) is 41.3 Å². The number of rotatable bonds is 3. The molecule has 2 fully saturated rings. The summed E-state index contributed by atoms with van der Waals surface area (Å²) in [6.45, 7) is 2.32. The van der Waals surface area contributed by atoms with Crippen molar-refractivity contribution in [3.05, 3.63) is 59.4 Å². The van der Waals surface area contributed by atoms with E-state index in [-0.39, 0.29) is 24.7 Å². The van der Waals surface area contributed by atoms with E-state index in [0.29, 0.717) is 36.9 Å². The van der Waals surface area contributed by atoms with Crippen molar-refractivity contribution in [2.45, 2.75) is 18.6 Å². The molecule has 4 rings (SSSR count). The lowest BCUT2D eigenvalue weighted by Crippen LogP contribution is -2.55. The van der Waals surface area contributed by atoms with E-state index in [1.807, 2.05) is 0 Å². The van der Waals surface area contributed by atoms with Crippen LogP contribution in [0.3, 0.4) is 0 Å². The fourth-order valence-corrected chi connectivity index (χ4v) is 4.17. The predicted molar refractivity (Wildman–Crippen MR) is 117 cm³/mol. The molecule has 0 bridgehead atoms. The van der Waals surface area contributed by atoms with E-state index < -0.39 is 18.2 Å². The molecule has 2 saturated heterocycles. The summed E-state index contributed by atoms with van der Waals surface area (Å²) in [5, 5.41) is 13.5. The second kappa shape index (κ2) is 9.11. The number of halogens is 2. The van der Waals surface area contributed by atoms with Crippen LogP contribution in [0.1, 0.15) is 6.42 Å². The molecule has 0 aromatic heterocycles. The van der Waals surface area contributed by atoms with Gasteiger partial charge in [-0.1, -0.05) is 11.6 Å². The Morgan fingerprint density at radius 1 is 1.00 bits per heavy atom. The standard InChI is InChI=1S/C22H24ClFN4O3/c23-15-1-5-17(6-2-15)25-22(31)28-14-19(29)13-20(28)21(30)27-11-9-26(10-12-27)18-7-3-16(24)4-8-18/h1-8,19-20,29H,9-14H2,(H,25,31)/t19-,20-/m1/s1. The maximum atomic E-state index is 13.2. The number of hydrogen-bond donors (Lipinski definition) is 2. The first-order valence-electron chi connectivity index (χ1n) is 10.2. The van der Waals surface area contributed by atoms with Crippen molar-refractivity contribution < 1.29 is 19.1 Å². The lowest BCUT2D eigenvalue weighted by atomic mass is 10.1. The smallest absolute Gasteiger partial charge is 0.322 e. The monoisotopic (exact) mass is 446 g/mol. The average Bonchev–Trinajstić information content (AvgIpc) is 3.17. The topological polar surface area (TPSA) is 76.1 Å². The number of nitrogens with one attached hydrogen (secondary N) is 1. The van der Waals surface area contributed by atoms with Crippen molar-refractivity contribution in [2.24, 2.45) is 0 Å². The molecule has 7 nitrogen and oxygen atoms in total. The molecule has 2 aromatic rings. The Morgan fingerprint density at radius 2 is 1.65 bits per heavy atom. The zero-order valence-electron chi connectivity index (χ0n) is 16.9. The molecule has 164 valence electrons. The van der Waals surface area contributed by atoms with Gasteiger partial charge in [-0.05, 0) is 48.5 Å². The van der Waals surface area contributed by atoms with Crippen LogP contribution in [0.15, 0.2) is 48.5 Å². The number of likely N-dealkylation sites (tertiary alicyclic amines) is 1. The summed E-state index contributed by atoms with van der Waals surface area (Å²) in [4.78, 5) is 31.1. The van der Waals surface area contributed by atoms with Crippen LogP contribution < -0.4 is 10.2 Å². The van der Waals surface area contributed by atoms with Crippen LogP contribution in [0.25, 0.3) is 0 Å². The molecule has 0 aliphatic carbocycles. The maximum absolute atomic E-state index is 13.2. The maximum Gasteiger partial charge on any atom is 0.322 e. The Hall–Kier alpha value is -2.84. The van der Waals surface area contributed by atoms with Crippen LogP contribution in [0.2, 0.25) is 5.02 Å². The highest BCUT2D eigenvalue weighted by atomic mass is 35.5. The summed E-state index contributed by atoms with van der Waals surface area (Å²) < 4.78 is 13.1. The Kier molecular flexibility index (Phi) is 6.29. The minimum absolute atomic E-state index is 0.103. The number of aliphatic hydroxyl groups excluding tert-OH is 1. The molecule has 31 heavy (non-hydrogen) atoms. The second-order valence-electron chi connectivity index (χ2n) is 7.78. The Balaban J connectivity index is 1.38. The van der Waals surface area contributed by atoms with E-state index in [1.165, 1.54) is 17.0 Å². The van der Waals surface area contributed by atoms with E-state index in [9.17, 15) is 19.1 Å². The second-order valence-corrected chi connectivity index (χ2v) is 8.22. The summed E-state index contributed by atoms with van der Waals surface area (Å²) in [5.74, 6) is -0.448. The zero-order chi connectivity index (χ0) is 22.0. The summed E-state index contributed by atoms with van der Waals surface area (Å²) >= 11 is 5.88. The molecule has 0 spiro atoms. The summed E-state index contributed by atoms with van der Waals surface area (Å²) in [6, 6.07) is 11.8. The Labute approximate surface area is 185 Å². The highest BCUT2D eigenvalue weighted by Crippen LogP contribution is 2.24. The Bertz CT molecular complexity index is 933. The SMILES string of the molecule is O=C([C@H]1C[C@@H](O)CN1C(=O)Nc1ccc(Cl)cc1)N1CCN(c2ccc(F)cc2)CC1. The van der Waals surface area contributed by atoms with E-state index in [0.717, 1.165) is 5.69 Å². The zero-order valence-corrected chi connectivity index (χ0v) is 17.6. The van der Waals surface area contributed by atoms with Gasteiger partial charge >= 0.3 is 6.03 Å². The number of hydrogen-bond acceptors (Lipinski definition) is 4. The molecule has 2 aromatic carbocycles. The third-order valence-electron chi connectivity index (χ3n) is 5.70. The van der Waals surface area contributed by atoms with Gasteiger partial charge in [0.2, 0.25) is 5.91 Å². The fraction of sp³-hybridized carbons (Fsp3) is 0.364. The quantitative estimate of drug-likeness (QED) is 0.760. The van der Waals surface area contributed by atoms with E-state index in [4.69, 9.17) is 11.6 Å². The van der Waals surface area contributed by atoms with E-state index in [2.05, 4.69) is 10.2 Å². The number of piperazine rings is 1. The molecule has 3 amide bonds. The van der Waals surface area contributed by atoms with Crippen molar-refractivity contribution in [1.29, 1.82) is 0 Å². The fourth-order valence-electron chi connectivity index (χ4n) is 4.05. The first-order valence-corrected chi connectivity index (χ1v) is 10.6. The third kappa shape index (κ3) is 4.91. The Morgan fingerprint density at radius 3 is 2.29 bits per heavy atom. The van der Waals surface area contributed by atoms with Gasteiger partial charge < -0.3 is 25.1 Å². The van der Waals surface area contributed by atoms with Gasteiger partial charge in [0.1, 0.15) is 11.9 Å². The number of nitrogens with zero attached hydrogens (tertiary/aromatic N) is 3. The first kappa shape index (κ1) is 21.4. The predicted octanol–water partition coefficient (Wildman–Crippen LogP) is 2.80. The van der Waals surface area contributed by atoms with Gasteiger partial charge in [0.05, 0.1) is 6.10 Å². The molecule has 2 aliphatic rings. The molecular formula is C22H24ClFN4O3. The molecule has 2 N–H and O–H groups in total. The van der Waals surface area contributed by atoms with Crippen LogP contribution in [-0.2, 0) is 4.79 Å². The van der Waals surface area contributed by atoms with Crippen molar-refractivity contribution >= 4 is 34.9 Å². The number of amides is 3. The van der Waals surface area contributed by atoms with Gasteiger partial charge in [0.15, 0.2) is 0 Å². The van der Waals surface area contributed by atoms with Gasteiger partial charge in [0, 0.05) is 55.5 Å². The highest BCUT2D eigenvalue weighted by Gasteiger charge is 2.41. The van der Waals surface area contributed by atoms with Crippen molar-refractivity contribution in [3.63, 3.8) is 0 Å². The van der Waals surface area contributed by atoms with Gasteiger partial charge in [-0.3, -0.25) is 4.79 Å². The van der Waals surface area contributed by atoms with Gasteiger partial charge in [-0.25, -0.2) is 9.18 Å². The van der Waals surface area contributed by atoms with Gasteiger partial charge in [-0.15, -0.1) is 0 Å². The van der Waals surface area contributed by atoms with Crippen LogP contribution >= 0.6 is 11.6 Å². The molecular weight excluding hydrogens is 423 g/mol. The molecule has 0 saturated carbocycles.